The highest BCUT2D eigenvalue weighted by molar-refractivity contribution is 5.68. The summed E-state index contributed by atoms with van der Waals surface area (Å²) in [5.74, 6) is 0. The van der Waals surface area contributed by atoms with Crippen molar-refractivity contribution in [2.45, 2.75) is 39.8 Å². The lowest BCUT2D eigenvalue weighted by molar-refractivity contribution is 0.485. The van der Waals surface area contributed by atoms with Gasteiger partial charge in [-0.2, -0.15) is 0 Å². The lowest BCUT2D eigenvalue weighted by atomic mass is 10.3. The molecule has 2 rings (SSSR count). The van der Waals surface area contributed by atoms with Crippen LogP contribution in [0.25, 0.3) is 11.2 Å². The quantitative estimate of drug-likeness (QED) is 0.798. The fraction of sp³-hybridized carbons (Fsp3) is 0.500. The maximum absolute atomic E-state index is 12.3. The Morgan fingerprint density at radius 2 is 1.50 bits per heavy atom. The van der Waals surface area contributed by atoms with E-state index in [2.05, 4.69) is 9.97 Å². The van der Waals surface area contributed by atoms with Crippen molar-refractivity contribution >= 4 is 11.2 Å². The summed E-state index contributed by atoms with van der Waals surface area (Å²) in [7, 11) is 0. The van der Waals surface area contributed by atoms with Gasteiger partial charge in [0.25, 0.3) is 5.56 Å². The van der Waals surface area contributed by atoms with Crippen molar-refractivity contribution in [1.29, 1.82) is 0 Å². The Morgan fingerprint density at radius 3 is 2.06 bits per heavy atom. The summed E-state index contributed by atoms with van der Waals surface area (Å²) in [5, 5.41) is 0. The van der Waals surface area contributed by atoms with Crippen LogP contribution in [0.5, 0.6) is 0 Å². The second-order valence-electron chi connectivity index (χ2n) is 4.74. The predicted molar refractivity (Wildman–Crippen MR) is 68.8 cm³/mol. The summed E-state index contributed by atoms with van der Waals surface area (Å²) < 4.78 is 2.72. The highest BCUT2D eigenvalue weighted by atomic mass is 16.2. The van der Waals surface area contributed by atoms with Gasteiger partial charge in [-0.1, -0.05) is 0 Å². The van der Waals surface area contributed by atoms with E-state index in [-0.39, 0.29) is 28.8 Å². The predicted octanol–water partition coefficient (Wildman–Crippen LogP) is 1.11. The first-order chi connectivity index (χ1) is 8.45. The standard InChI is InChI=1S/C12H16N4O2/c1-7(2)15-10-9(13-5-6-14-10)11(17)16(8(3)4)12(15)18/h5-8H,1-4H3. The number of nitrogens with zero attached hydrogens (tertiary/aromatic N) is 4. The van der Waals surface area contributed by atoms with Crippen LogP contribution in [-0.4, -0.2) is 19.1 Å². The Bertz CT molecular complexity index is 697. The summed E-state index contributed by atoms with van der Waals surface area (Å²) in [4.78, 5) is 32.7. The van der Waals surface area contributed by atoms with Crippen molar-refractivity contribution in [2.24, 2.45) is 0 Å². The van der Waals surface area contributed by atoms with Crippen LogP contribution in [0.15, 0.2) is 22.0 Å². The maximum Gasteiger partial charge on any atom is 0.333 e. The Balaban J connectivity index is 3.07. The molecule has 0 unspecified atom stereocenters. The van der Waals surface area contributed by atoms with Crippen molar-refractivity contribution < 1.29 is 0 Å². The number of aromatic nitrogens is 4. The first kappa shape index (κ1) is 12.5. The van der Waals surface area contributed by atoms with Crippen LogP contribution in [0.2, 0.25) is 0 Å². The Kier molecular flexibility index (Phi) is 3.02. The average Bonchev–Trinajstić information content (AvgIpc) is 2.28. The number of rotatable bonds is 2. The minimum absolute atomic E-state index is 0.0812. The van der Waals surface area contributed by atoms with Gasteiger partial charge in [0.1, 0.15) is 0 Å². The molecule has 18 heavy (non-hydrogen) atoms. The molecule has 0 spiro atoms. The number of hydrogen-bond acceptors (Lipinski definition) is 4. The molecule has 0 aromatic carbocycles. The molecule has 2 heterocycles. The van der Waals surface area contributed by atoms with E-state index in [4.69, 9.17) is 0 Å². The fourth-order valence-electron chi connectivity index (χ4n) is 1.99. The molecule has 0 saturated heterocycles. The van der Waals surface area contributed by atoms with Gasteiger partial charge in [0.05, 0.1) is 0 Å². The van der Waals surface area contributed by atoms with E-state index in [1.807, 2.05) is 13.8 Å². The molecule has 2 aromatic heterocycles. The van der Waals surface area contributed by atoms with Gasteiger partial charge < -0.3 is 0 Å². The molecule has 0 N–H and O–H groups in total. The normalized spacial score (nSPS) is 11.7. The second kappa shape index (κ2) is 4.36. The van der Waals surface area contributed by atoms with Crippen LogP contribution in [0.4, 0.5) is 0 Å². The smallest absolute Gasteiger partial charge is 0.273 e. The first-order valence-corrected chi connectivity index (χ1v) is 5.93. The molecule has 0 saturated carbocycles. The average molecular weight is 248 g/mol. The largest absolute Gasteiger partial charge is 0.333 e. The van der Waals surface area contributed by atoms with Crippen LogP contribution < -0.4 is 11.2 Å². The summed E-state index contributed by atoms with van der Waals surface area (Å²) in [5.41, 5.74) is -0.132. The zero-order valence-corrected chi connectivity index (χ0v) is 10.9. The van der Waals surface area contributed by atoms with Gasteiger partial charge in [-0.05, 0) is 27.7 Å². The molecular formula is C12H16N4O2. The summed E-state index contributed by atoms with van der Waals surface area (Å²) in [6, 6.07) is -0.288. The zero-order chi connectivity index (χ0) is 13.4. The van der Waals surface area contributed by atoms with Crippen molar-refractivity contribution in [1.82, 2.24) is 19.1 Å². The Hall–Kier alpha value is -1.98. The molecule has 0 atom stereocenters. The molecule has 0 amide bonds. The van der Waals surface area contributed by atoms with Crippen LogP contribution in [0, 0.1) is 0 Å². The summed E-state index contributed by atoms with van der Waals surface area (Å²) in [6.07, 6.45) is 2.95. The second-order valence-corrected chi connectivity index (χ2v) is 4.74. The highest BCUT2D eigenvalue weighted by Crippen LogP contribution is 2.09. The molecule has 6 heteroatoms. The van der Waals surface area contributed by atoms with Gasteiger partial charge in [-0.25, -0.2) is 14.8 Å². The maximum atomic E-state index is 12.3. The minimum Gasteiger partial charge on any atom is -0.273 e. The van der Waals surface area contributed by atoms with E-state index in [1.165, 1.54) is 21.5 Å². The molecule has 0 bridgehead atoms. The topological polar surface area (TPSA) is 69.8 Å². The fourth-order valence-corrected chi connectivity index (χ4v) is 1.99. The van der Waals surface area contributed by atoms with Crippen LogP contribution in [0.3, 0.4) is 0 Å². The van der Waals surface area contributed by atoms with Crippen molar-refractivity contribution in [2.75, 3.05) is 0 Å². The molecule has 2 aromatic rings. The molecule has 0 fully saturated rings. The molecule has 0 aliphatic rings. The van der Waals surface area contributed by atoms with E-state index < -0.39 is 0 Å². The lowest BCUT2D eigenvalue weighted by Gasteiger charge is -2.16. The minimum atomic E-state index is -0.380. The van der Waals surface area contributed by atoms with Gasteiger partial charge in [0, 0.05) is 24.5 Å². The van der Waals surface area contributed by atoms with E-state index in [0.717, 1.165) is 0 Å². The molecule has 0 aliphatic carbocycles. The number of fused-ring (bicyclic) bond motifs is 1. The van der Waals surface area contributed by atoms with E-state index in [0.29, 0.717) is 5.65 Å². The van der Waals surface area contributed by atoms with Gasteiger partial charge in [0.15, 0.2) is 11.2 Å². The van der Waals surface area contributed by atoms with E-state index in [9.17, 15) is 9.59 Å². The van der Waals surface area contributed by atoms with Gasteiger partial charge in [0.2, 0.25) is 0 Å². The zero-order valence-electron chi connectivity index (χ0n) is 10.9. The highest BCUT2D eigenvalue weighted by Gasteiger charge is 2.17. The molecule has 96 valence electrons. The van der Waals surface area contributed by atoms with Crippen LogP contribution in [-0.2, 0) is 0 Å². The third-order valence-electron chi connectivity index (χ3n) is 2.77. The third kappa shape index (κ3) is 1.73. The SMILES string of the molecule is CC(C)n1c(=O)c2nccnc2n(C(C)C)c1=O. The van der Waals surface area contributed by atoms with Crippen molar-refractivity contribution in [3.63, 3.8) is 0 Å². The van der Waals surface area contributed by atoms with Crippen molar-refractivity contribution in [3.8, 4) is 0 Å². The first-order valence-electron chi connectivity index (χ1n) is 5.93. The third-order valence-corrected chi connectivity index (χ3v) is 2.77. The monoisotopic (exact) mass is 248 g/mol. The lowest BCUT2D eigenvalue weighted by Crippen LogP contribution is -2.42. The molecular weight excluding hydrogens is 232 g/mol. The summed E-state index contributed by atoms with van der Waals surface area (Å²) >= 11 is 0. The summed E-state index contributed by atoms with van der Waals surface area (Å²) in [6.45, 7) is 7.36. The molecule has 6 nitrogen and oxygen atoms in total. The number of hydrogen-bond donors (Lipinski definition) is 0. The Labute approximate surface area is 104 Å². The Morgan fingerprint density at radius 1 is 0.944 bits per heavy atom. The van der Waals surface area contributed by atoms with E-state index >= 15 is 0 Å². The molecule has 0 aliphatic heterocycles. The van der Waals surface area contributed by atoms with Crippen LogP contribution >= 0.6 is 0 Å². The van der Waals surface area contributed by atoms with Gasteiger partial charge in [-0.3, -0.25) is 13.9 Å². The molecule has 0 radical (unpaired) electrons. The van der Waals surface area contributed by atoms with Crippen LogP contribution in [0.1, 0.15) is 39.8 Å². The van der Waals surface area contributed by atoms with Gasteiger partial charge >= 0.3 is 5.69 Å². The van der Waals surface area contributed by atoms with Gasteiger partial charge in [-0.15, -0.1) is 0 Å². The van der Waals surface area contributed by atoms with Crippen molar-refractivity contribution in [3.05, 3.63) is 33.2 Å². The van der Waals surface area contributed by atoms with E-state index in [1.54, 1.807) is 13.8 Å².